The second-order valence-electron chi connectivity index (χ2n) is 10.2. The molecule has 4 unspecified atom stereocenters. The molecule has 0 rings (SSSR count). The Bertz CT molecular complexity index is 1030. The molecule has 0 radical (unpaired) electrons. The minimum Gasteiger partial charge on any atom is -0.409 e. The van der Waals surface area contributed by atoms with Crippen LogP contribution in [0.5, 0.6) is 0 Å². The average molecular weight is 696 g/mol. The molecule has 278 valence electrons. The SMILES string of the molecule is C=C(CCOC(C(CCCCC(N)=NO)OCCC(N)=NO)C(OCCC(N)=NO)C(COCC/C(N)=N/O)OCCC(N)=NO)NO. The van der Waals surface area contributed by atoms with E-state index in [1.54, 1.807) is 0 Å². The number of unbranched alkanes of at least 4 members (excludes halogenated alkanes) is 1. The van der Waals surface area contributed by atoms with E-state index < -0.39 is 24.4 Å². The molecule has 0 amide bonds. The Morgan fingerprint density at radius 2 is 0.938 bits per heavy atom. The molecule has 0 aromatic heterocycles. The van der Waals surface area contributed by atoms with Crippen molar-refractivity contribution >= 4 is 29.2 Å². The maximum atomic E-state index is 9.25. The fourth-order valence-electron chi connectivity index (χ4n) is 3.99. The summed E-state index contributed by atoms with van der Waals surface area (Å²) in [4.78, 5) is 0. The quantitative estimate of drug-likeness (QED) is 0.0145. The first kappa shape index (κ1) is 43.6. The third kappa shape index (κ3) is 20.7. The largest absolute Gasteiger partial charge is 0.409 e. The highest BCUT2D eigenvalue weighted by atomic mass is 16.6. The van der Waals surface area contributed by atoms with Gasteiger partial charge in [-0.1, -0.05) is 38.8 Å². The van der Waals surface area contributed by atoms with Crippen LogP contribution in [0.25, 0.3) is 0 Å². The molecule has 17 N–H and O–H groups in total. The van der Waals surface area contributed by atoms with E-state index in [1.807, 2.05) is 5.48 Å². The summed E-state index contributed by atoms with van der Waals surface area (Å²) in [6.07, 6.45) is -1.55. The number of hydrogen-bond acceptors (Lipinski definition) is 17. The smallest absolute Gasteiger partial charge is 0.141 e. The Hall–Kier alpha value is -4.35. The van der Waals surface area contributed by atoms with Crippen LogP contribution < -0.4 is 34.1 Å². The number of hydroxylamine groups is 1. The number of nitrogens with one attached hydrogen (secondary N) is 1. The maximum Gasteiger partial charge on any atom is 0.141 e. The third-order valence-corrected chi connectivity index (χ3v) is 6.58. The first-order valence-electron chi connectivity index (χ1n) is 15.0. The molecular weight excluding hydrogens is 642 g/mol. The highest BCUT2D eigenvalue weighted by Gasteiger charge is 2.38. The van der Waals surface area contributed by atoms with E-state index in [-0.39, 0.29) is 107 Å². The normalized spacial score (nSPS) is 16.0. The van der Waals surface area contributed by atoms with Crippen LogP contribution in [0.15, 0.2) is 38.1 Å². The molecule has 22 nitrogen and oxygen atoms in total. The standard InChI is InChI=1S/C26H53N11O11/c1-17(32-38)6-12-47-25(18(45-13-8-22(29)35-41)4-2-3-5-20(27)33-39)26(48-15-10-24(31)37-43)19(46-14-9-23(30)36-42)16-44-11-7-21(28)34-40/h18-19,25-26,32,38-43H,1-16H2,(H2,27,33)(H2,28,34)(H2,29,35)(H2,30,36)(H2,31,37). The fourth-order valence-corrected chi connectivity index (χ4v) is 3.99. The molecule has 0 saturated carbocycles. The lowest BCUT2D eigenvalue weighted by atomic mass is 9.97. The van der Waals surface area contributed by atoms with E-state index in [1.165, 1.54) is 0 Å². The van der Waals surface area contributed by atoms with E-state index in [2.05, 4.69) is 32.4 Å². The average Bonchev–Trinajstić information content (AvgIpc) is 3.10. The van der Waals surface area contributed by atoms with Gasteiger partial charge in [0, 0.05) is 44.2 Å². The molecule has 22 heteroatoms. The van der Waals surface area contributed by atoms with E-state index in [9.17, 15) is 5.21 Å². The van der Waals surface area contributed by atoms with Crippen molar-refractivity contribution in [2.24, 2.45) is 54.4 Å². The molecule has 0 aromatic carbocycles. The summed E-state index contributed by atoms with van der Waals surface area (Å²) in [7, 11) is 0. The van der Waals surface area contributed by atoms with Crippen molar-refractivity contribution in [3.05, 3.63) is 12.3 Å². The predicted molar refractivity (Wildman–Crippen MR) is 172 cm³/mol. The monoisotopic (exact) mass is 695 g/mol. The summed E-state index contributed by atoms with van der Waals surface area (Å²) < 4.78 is 30.7. The lowest BCUT2D eigenvalue weighted by molar-refractivity contribution is -0.188. The minimum atomic E-state index is -0.999. The van der Waals surface area contributed by atoms with E-state index >= 15 is 0 Å². The number of ether oxygens (including phenoxy) is 5. The molecule has 0 spiro atoms. The summed E-state index contributed by atoms with van der Waals surface area (Å²) in [5, 5.41) is 69.0. The van der Waals surface area contributed by atoms with Gasteiger partial charge in [-0.3, -0.25) is 10.7 Å². The molecule has 4 atom stereocenters. The third-order valence-electron chi connectivity index (χ3n) is 6.58. The molecule has 0 fully saturated rings. The predicted octanol–water partition coefficient (Wildman–Crippen LogP) is -0.721. The van der Waals surface area contributed by atoms with E-state index in [0.717, 1.165) is 0 Å². The number of rotatable bonds is 30. The van der Waals surface area contributed by atoms with Gasteiger partial charge in [-0.25, -0.2) is 0 Å². The number of nitrogens with zero attached hydrogens (tertiary/aromatic N) is 5. The van der Waals surface area contributed by atoms with Crippen LogP contribution >= 0.6 is 0 Å². The van der Waals surface area contributed by atoms with Gasteiger partial charge in [0.15, 0.2) is 0 Å². The Morgan fingerprint density at radius 1 is 0.542 bits per heavy atom. The first-order chi connectivity index (χ1) is 23.1. The summed E-state index contributed by atoms with van der Waals surface area (Å²) in [5.41, 5.74) is 30.4. The highest BCUT2D eigenvalue weighted by Crippen LogP contribution is 2.24. The second-order valence-corrected chi connectivity index (χ2v) is 10.2. The summed E-state index contributed by atoms with van der Waals surface area (Å²) >= 11 is 0. The van der Waals surface area contributed by atoms with Gasteiger partial charge in [-0.15, -0.1) is 0 Å². The first-order valence-corrected chi connectivity index (χ1v) is 15.0. The zero-order chi connectivity index (χ0) is 36.2. The molecule has 48 heavy (non-hydrogen) atoms. The molecular formula is C26H53N11O11. The highest BCUT2D eigenvalue weighted by molar-refractivity contribution is 5.80. The van der Waals surface area contributed by atoms with Gasteiger partial charge < -0.3 is 78.4 Å². The lowest BCUT2D eigenvalue weighted by Gasteiger charge is -2.38. The molecule has 0 aliphatic heterocycles. The van der Waals surface area contributed by atoms with Crippen molar-refractivity contribution in [3.63, 3.8) is 0 Å². The molecule has 0 heterocycles. The second kappa shape index (κ2) is 27.7. The lowest BCUT2D eigenvalue weighted by Crippen LogP contribution is -2.52. The van der Waals surface area contributed by atoms with Gasteiger partial charge in [0.1, 0.15) is 47.5 Å². The number of amidine groups is 5. The van der Waals surface area contributed by atoms with Gasteiger partial charge >= 0.3 is 0 Å². The van der Waals surface area contributed by atoms with Crippen LogP contribution in [0.3, 0.4) is 0 Å². The van der Waals surface area contributed by atoms with Gasteiger partial charge in [0.25, 0.3) is 0 Å². The van der Waals surface area contributed by atoms with Crippen molar-refractivity contribution in [2.45, 2.75) is 82.2 Å². The van der Waals surface area contributed by atoms with Gasteiger partial charge in [0.05, 0.1) is 45.7 Å². The van der Waals surface area contributed by atoms with Gasteiger partial charge in [-0.2, -0.15) is 0 Å². The Morgan fingerprint density at radius 3 is 1.42 bits per heavy atom. The van der Waals surface area contributed by atoms with Crippen molar-refractivity contribution in [2.75, 3.05) is 39.6 Å². The van der Waals surface area contributed by atoms with Crippen LogP contribution in [-0.2, 0) is 23.7 Å². The molecule has 0 aromatic rings. The molecule has 0 saturated heterocycles. The van der Waals surface area contributed by atoms with E-state index in [4.69, 9.17) is 78.4 Å². The Balaban J connectivity index is 6.68. The van der Waals surface area contributed by atoms with E-state index in [0.29, 0.717) is 25.7 Å². The summed E-state index contributed by atoms with van der Waals surface area (Å²) in [6, 6.07) is 0. The van der Waals surface area contributed by atoms with Gasteiger partial charge in [0.2, 0.25) is 0 Å². The van der Waals surface area contributed by atoms with Crippen molar-refractivity contribution < 1.29 is 54.9 Å². The molecule has 0 aliphatic rings. The molecule has 0 bridgehead atoms. The van der Waals surface area contributed by atoms with Crippen LogP contribution in [0, 0.1) is 0 Å². The maximum absolute atomic E-state index is 9.25. The Labute approximate surface area is 278 Å². The van der Waals surface area contributed by atoms with Crippen LogP contribution in [-0.4, -0.2) is 124 Å². The van der Waals surface area contributed by atoms with Crippen LogP contribution in [0.2, 0.25) is 0 Å². The zero-order valence-corrected chi connectivity index (χ0v) is 27.0. The summed E-state index contributed by atoms with van der Waals surface area (Å²) in [5.74, 6) is -0.279. The van der Waals surface area contributed by atoms with Crippen molar-refractivity contribution in [1.82, 2.24) is 5.48 Å². The topological polar surface area (TPSA) is 371 Å². The zero-order valence-electron chi connectivity index (χ0n) is 27.0. The van der Waals surface area contributed by atoms with Crippen molar-refractivity contribution in [1.29, 1.82) is 0 Å². The minimum absolute atomic E-state index is 0.00763. The number of nitrogens with two attached hydrogens (primary N) is 5. The van der Waals surface area contributed by atoms with Crippen LogP contribution in [0.4, 0.5) is 0 Å². The number of oxime groups is 5. The molecule has 0 aliphatic carbocycles. The fraction of sp³-hybridized carbons (Fsp3) is 0.731. The van der Waals surface area contributed by atoms with Crippen LogP contribution in [0.1, 0.15) is 57.8 Å². The van der Waals surface area contributed by atoms with Gasteiger partial charge in [-0.05, 0) is 12.8 Å². The summed E-state index contributed by atoms with van der Waals surface area (Å²) in [6.45, 7) is 3.52. The Kier molecular flexibility index (Phi) is 25.2. The van der Waals surface area contributed by atoms with Crippen molar-refractivity contribution in [3.8, 4) is 0 Å². The number of hydrogen-bond donors (Lipinski definition) is 12.